The van der Waals surface area contributed by atoms with E-state index in [1.165, 1.54) is 0 Å². The summed E-state index contributed by atoms with van der Waals surface area (Å²) in [6.45, 7) is 1.99. The molecule has 1 aromatic carbocycles. The van der Waals surface area contributed by atoms with Crippen molar-refractivity contribution < 1.29 is 19.4 Å². The van der Waals surface area contributed by atoms with Crippen LogP contribution in [0.3, 0.4) is 0 Å². The average molecular weight is 335 g/mol. The van der Waals surface area contributed by atoms with Crippen LogP contribution < -0.4 is 20.9 Å². The van der Waals surface area contributed by atoms with Gasteiger partial charge in [0.15, 0.2) is 0 Å². The maximum atomic E-state index is 12.3. The zero-order valence-corrected chi connectivity index (χ0v) is 14.0. The van der Waals surface area contributed by atoms with Gasteiger partial charge in [-0.05, 0) is 30.5 Å². The fourth-order valence-corrected chi connectivity index (χ4v) is 2.72. The second-order valence-corrected chi connectivity index (χ2v) is 5.94. The van der Waals surface area contributed by atoms with Crippen LogP contribution in [-0.2, 0) is 9.59 Å². The van der Waals surface area contributed by atoms with E-state index in [2.05, 4.69) is 16.2 Å². The first-order valence-electron chi connectivity index (χ1n) is 8.23. The minimum absolute atomic E-state index is 0.00873. The molecule has 1 amide bonds. The van der Waals surface area contributed by atoms with Gasteiger partial charge in [0.1, 0.15) is 17.8 Å². The number of nitrogens with one attached hydrogen (secondary N) is 3. The Balaban J connectivity index is 1.91. The lowest BCUT2D eigenvalue weighted by Crippen LogP contribution is -2.49. The summed E-state index contributed by atoms with van der Waals surface area (Å²) in [6.07, 6.45) is 2.66. The van der Waals surface area contributed by atoms with Crippen LogP contribution in [0.1, 0.15) is 44.2 Å². The second-order valence-electron chi connectivity index (χ2n) is 5.94. The smallest absolute Gasteiger partial charge is 0.326 e. The van der Waals surface area contributed by atoms with Crippen molar-refractivity contribution >= 4 is 11.9 Å². The van der Waals surface area contributed by atoms with Crippen molar-refractivity contribution in [2.75, 3.05) is 7.11 Å². The molecule has 0 bridgehead atoms. The summed E-state index contributed by atoms with van der Waals surface area (Å²) in [5.74, 6) is -0.504. The molecule has 4 N–H and O–H groups in total. The molecular formula is C17H25N3O4. The summed E-state index contributed by atoms with van der Waals surface area (Å²) in [7, 11) is 1.61. The van der Waals surface area contributed by atoms with Crippen LogP contribution in [0.15, 0.2) is 24.3 Å². The summed E-state index contributed by atoms with van der Waals surface area (Å²) < 4.78 is 5.13. The maximum absolute atomic E-state index is 12.3. The number of ether oxygens (including phenoxy) is 1. The van der Waals surface area contributed by atoms with Crippen LogP contribution in [0.2, 0.25) is 0 Å². The number of carboxylic acid groups (broad SMARTS) is 1. The van der Waals surface area contributed by atoms with Gasteiger partial charge in [-0.2, -0.15) is 0 Å². The fraction of sp³-hybridized carbons (Fsp3) is 0.529. The number of rotatable bonds is 8. The van der Waals surface area contributed by atoms with Crippen molar-refractivity contribution in [3.63, 3.8) is 0 Å². The first kappa shape index (κ1) is 18.2. The third-order valence-corrected chi connectivity index (χ3v) is 4.20. The number of carbonyl (C=O) groups excluding carboxylic acids is 1. The van der Waals surface area contributed by atoms with Crippen LogP contribution in [0, 0.1) is 0 Å². The van der Waals surface area contributed by atoms with E-state index in [4.69, 9.17) is 4.74 Å². The number of amides is 1. The first-order valence-corrected chi connectivity index (χ1v) is 8.23. The maximum Gasteiger partial charge on any atom is 0.326 e. The van der Waals surface area contributed by atoms with Crippen LogP contribution in [-0.4, -0.2) is 36.2 Å². The van der Waals surface area contributed by atoms with Crippen LogP contribution >= 0.6 is 0 Å². The summed E-state index contributed by atoms with van der Waals surface area (Å²) >= 11 is 0. The molecule has 0 saturated carbocycles. The van der Waals surface area contributed by atoms with Gasteiger partial charge < -0.3 is 15.2 Å². The molecule has 2 unspecified atom stereocenters. The van der Waals surface area contributed by atoms with Gasteiger partial charge >= 0.3 is 5.97 Å². The van der Waals surface area contributed by atoms with E-state index in [0.717, 1.165) is 24.2 Å². The van der Waals surface area contributed by atoms with Gasteiger partial charge in [-0.3, -0.25) is 4.79 Å². The highest BCUT2D eigenvalue weighted by Gasteiger charge is 2.32. The number of aliphatic carboxylic acids is 1. The van der Waals surface area contributed by atoms with E-state index >= 15 is 0 Å². The molecule has 7 nitrogen and oxygen atoms in total. The van der Waals surface area contributed by atoms with E-state index in [9.17, 15) is 14.7 Å². The van der Waals surface area contributed by atoms with Gasteiger partial charge in [-0.15, -0.1) is 0 Å². The van der Waals surface area contributed by atoms with Gasteiger partial charge in [-0.1, -0.05) is 31.9 Å². The summed E-state index contributed by atoms with van der Waals surface area (Å²) in [6, 6.07) is 6.33. The number of carboxylic acids is 1. The second kappa shape index (κ2) is 8.65. The lowest BCUT2D eigenvalue weighted by atomic mass is 10.0. The number of hydrazine groups is 1. The fourth-order valence-electron chi connectivity index (χ4n) is 2.72. The standard InChI is InChI=1S/C17H25N3O4/c1-3-4-5-13(17(22)23)18-16(21)15-10-14(19-20-15)11-6-8-12(24-2)9-7-11/h6-9,13-15,19-20H,3-5,10H2,1-2H3,(H,18,21)(H,22,23)/t13-,14?,15?/m0/s1. The van der Waals surface area contributed by atoms with Crippen molar-refractivity contribution in [3.05, 3.63) is 29.8 Å². The van der Waals surface area contributed by atoms with Crippen molar-refractivity contribution in [1.82, 2.24) is 16.2 Å². The Morgan fingerprint density at radius 2 is 2.04 bits per heavy atom. The van der Waals surface area contributed by atoms with Crippen LogP contribution in [0.25, 0.3) is 0 Å². The molecule has 0 aromatic heterocycles. The zero-order chi connectivity index (χ0) is 17.5. The number of hydrogen-bond acceptors (Lipinski definition) is 5. The quantitative estimate of drug-likeness (QED) is 0.572. The molecule has 132 valence electrons. The normalized spacial score (nSPS) is 21.2. The van der Waals surface area contributed by atoms with Gasteiger partial charge in [0, 0.05) is 6.04 Å². The van der Waals surface area contributed by atoms with Crippen molar-refractivity contribution in [1.29, 1.82) is 0 Å². The molecule has 24 heavy (non-hydrogen) atoms. The van der Waals surface area contributed by atoms with Crippen LogP contribution in [0.4, 0.5) is 0 Å². The third kappa shape index (κ3) is 4.69. The SMILES string of the molecule is CCCC[C@H](NC(=O)C1CC(c2ccc(OC)cc2)NN1)C(=O)O. The Hall–Kier alpha value is -2.12. The summed E-state index contributed by atoms with van der Waals surface area (Å²) in [5, 5.41) is 11.8. The van der Waals surface area contributed by atoms with Gasteiger partial charge in [0.25, 0.3) is 0 Å². The third-order valence-electron chi connectivity index (χ3n) is 4.20. The molecule has 1 aliphatic rings. The van der Waals surface area contributed by atoms with Crippen molar-refractivity contribution in [3.8, 4) is 5.75 Å². The largest absolute Gasteiger partial charge is 0.497 e. The number of methoxy groups -OCH3 is 1. The Labute approximate surface area is 141 Å². The van der Waals surface area contributed by atoms with Gasteiger partial charge in [0.05, 0.1) is 7.11 Å². The molecule has 7 heteroatoms. The Bertz CT molecular complexity index is 561. The van der Waals surface area contributed by atoms with Crippen molar-refractivity contribution in [2.24, 2.45) is 0 Å². The molecule has 0 radical (unpaired) electrons. The average Bonchev–Trinajstić information content (AvgIpc) is 3.08. The lowest BCUT2D eigenvalue weighted by Gasteiger charge is -2.17. The van der Waals surface area contributed by atoms with E-state index in [-0.39, 0.29) is 11.9 Å². The predicted octanol–water partition coefficient (Wildman–Crippen LogP) is 1.36. The minimum atomic E-state index is -0.991. The molecule has 0 spiro atoms. The highest BCUT2D eigenvalue weighted by atomic mass is 16.5. The van der Waals surface area contributed by atoms with Gasteiger partial charge in [0.2, 0.25) is 5.91 Å². The van der Waals surface area contributed by atoms with E-state index < -0.39 is 18.1 Å². The highest BCUT2D eigenvalue weighted by Crippen LogP contribution is 2.24. The van der Waals surface area contributed by atoms with Crippen LogP contribution in [0.5, 0.6) is 5.75 Å². The zero-order valence-electron chi connectivity index (χ0n) is 14.0. The van der Waals surface area contributed by atoms with E-state index in [1.54, 1.807) is 7.11 Å². The molecule has 3 atom stereocenters. The van der Waals surface area contributed by atoms with E-state index in [1.807, 2.05) is 31.2 Å². The number of unbranched alkanes of at least 4 members (excludes halogenated alkanes) is 1. The van der Waals surface area contributed by atoms with Crippen molar-refractivity contribution in [2.45, 2.75) is 50.7 Å². The Morgan fingerprint density at radius 1 is 1.33 bits per heavy atom. The molecule has 1 aliphatic heterocycles. The highest BCUT2D eigenvalue weighted by molar-refractivity contribution is 5.87. The monoisotopic (exact) mass is 335 g/mol. The minimum Gasteiger partial charge on any atom is -0.497 e. The molecule has 1 heterocycles. The summed E-state index contributed by atoms with van der Waals surface area (Å²) in [5.41, 5.74) is 7.08. The number of hydrogen-bond donors (Lipinski definition) is 4. The Morgan fingerprint density at radius 3 is 2.62 bits per heavy atom. The molecular weight excluding hydrogens is 310 g/mol. The lowest BCUT2D eigenvalue weighted by molar-refractivity contribution is -0.142. The number of benzene rings is 1. The molecule has 2 rings (SSSR count). The summed E-state index contributed by atoms with van der Waals surface area (Å²) in [4.78, 5) is 23.5. The molecule has 1 aromatic rings. The Kier molecular flexibility index (Phi) is 6.57. The molecule has 1 fully saturated rings. The molecule has 0 aliphatic carbocycles. The van der Waals surface area contributed by atoms with E-state index in [0.29, 0.717) is 12.8 Å². The first-order chi connectivity index (χ1) is 11.5. The topological polar surface area (TPSA) is 99.7 Å². The number of carbonyl (C=O) groups is 2. The van der Waals surface area contributed by atoms with Gasteiger partial charge in [-0.25, -0.2) is 15.6 Å². The molecule has 1 saturated heterocycles. The predicted molar refractivity (Wildman–Crippen MR) is 89.5 cm³/mol.